The summed E-state index contributed by atoms with van der Waals surface area (Å²) in [6.45, 7) is 4.72. The van der Waals surface area contributed by atoms with Gasteiger partial charge in [0.1, 0.15) is 5.60 Å². The summed E-state index contributed by atoms with van der Waals surface area (Å²) >= 11 is 0. The van der Waals surface area contributed by atoms with E-state index in [0.717, 1.165) is 25.0 Å². The van der Waals surface area contributed by atoms with Crippen LogP contribution in [0, 0.1) is 17.8 Å². The fourth-order valence-corrected chi connectivity index (χ4v) is 5.17. The van der Waals surface area contributed by atoms with Crippen LogP contribution in [0.4, 0.5) is 9.59 Å². The van der Waals surface area contributed by atoms with Gasteiger partial charge in [-0.2, -0.15) is 0 Å². The zero-order valence-corrected chi connectivity index (χ0v) is 23.7. The molecule has 2 atom stereocenters. The maximum Gasteiger partial charge on any atom is 0.522 e. The van der Waals surface area contributed by atoms with Crippen molar-refractivity contribution in [1.82, 2.24) is 19.9 Å². The van der Waals surface area contributed by atoms with Crippen LogP contribution in [0.5, 0.6) is 17.6 Å². The first kappa shape index (κ1) is 29.0. The van der Waals surface area contributed by atoms with Gasteiger partial charge in [-0.25, -0.2) is 24.5 Å². The number of likely N-dealkylation sites (tertiary alicyclic amines) is 1. The van der Waals surface area contributed by atoms with E-state index in [4.69, 9.17) is 18.9 Å². The predicted molar refractivity (Wildman–Crippen MR) is 150 cm³/mol. The molecule has 0 spiro atoms. The van der Waals surface area contributed by atoms with Crippen molar-refractivity contribution in [3.05, 3.63) is 72.7 Å². The molecule has 0 radical (unpaired) electrons. The molecule has 0 N–H and O–H groups in total. The van der Waals surface area contributed by atoms with Crippen molar-refractivity contribution >= 4 is 18.2 Å². The highest BCUT2D eigenvalue weighted by atomic mass is 16.7. The second-order valence-electron chi connectivity index (χ2n) is 11.2. The van der Waals surface area contributed by atoms with Crippen LogP contribution in [0.2, 0.25) is 0 Å². The molecule has 4 heterocycles. The smallest absolute Gasteiger partial charge is 0.443 e. The lowest BCUT2D eigenvalue weighted by Gasteiger charge is -2.34. The van der Waals surface area contributed by atoms with Crippen LogP contribution >= 0.6 is 0 Å². The predicted octanol–water partition coefficient (Wildman–Crippen LogP) is 5.25. The number of carbonyl (C=O) groups is 3. The van der Waals surface area contributed by atoms with Gasteiger partial charge >= 0.3 is 18.2 Å². The summed E-state index contributed by atoms with van der Waals surface area (Å²) in [6.07, 6.45) is 5.31. The number of hydrogen-bond acceptors (Lipinski definition) is 10. The number of aromatic nitrogens is 3. The maximum atomic E-state index is 12.9. The lowest BCUT2D eigenvalue weighted by Crippen LogP contribution is -2.44. The number of pyridine rings is 3. The van der Waals surface area contributed by atoms with Gasteiger partial charge in [0.15, 0.2) is 0 Å². The minimum atomic E-state index is -0.903. The average molecular weight is 575 g/mol. The van der Waals surface area contributed by atoms with Crippen LogP contribution in [0.3, 0.4) is 0 Å². The number of esters is 1. The lowest BCUT2D eigenvalue weighted by molar-refractivity contribution is -0.140. The van der Waals surface area contributed by atoms with Crippen LogP contribution in [0.15, 0.2) is 67.0 Å². The molecule has 2 fully saturated rings. The van der Waals surface area contributed by atoms with Gasteiger partial charge in [-0.15, -0.1) is 0 Å². The van der Waals surface area contributed by atoms with Gasteiger partial charge in [0.2, 0.25) is 17.6 Å². The topological polar surface area (TPSA) is 130 Å². The van der Waals surface area contributed by atoms with Gasteiger partial charge in [0.05, 0.1) is 5.92 Å². The van der Waals surface area contributed by atoms with Crippen molar-refractivity contribution in [2.24, 2.45) is 17.8 Å². The Hall–Kier alpha value is -4.54. The molecule has 1 saturated carbocycles. The molecule has 1 amide bonds. The molecule has 220 valence electrons. The lowest BCUT2D eigenvalue weighted by atomic mass is 9.97. The average Bonchev–Trinajstić information content (AvgIpc) is 3.69. The highest BCUT2D eigenvalue weighted by Gasteiger charge is 2.42. The van der Waals surface area contributed by atoms with Crippen LogP contribution in [-0.4, -0.2) is 56.8 Å². The number of hydrogen-bond donors (Lipinski definition) is 0. The van der Waals surface area contributed by atoms with E-state index < -0.39 is 11.8 Å². The normalized spacial score (nSPS) is 18.6. The number of rotatable bonds is 9. The highest BCUT2D eigenvalue weighted by Crippen LogP contribution is 2.46. The Morgan fingerprint density at radius 1 is 0.833 bits per heavy atom. The van der Waals surface area contributed by atoms with Crippen molar-refractivity contribution in [2.45, 2.75) is 51.6 Å². The number of piperidine rings is 1. The largest absolute Gasteiger partial charge is 0.522 e. The van der Waals surface area contributed by atoms with Crippen molar-refractivity contribution in [2.75, 3.05) is 13.1 Å². The molecule has 0 aromatic carbocycles. The van der Waals surface area contributed by atoms with Crippen molar-refractivity contribution < 1.29 is 33.3 Å². The van der Waals surface area contributed by atoms with Gasteiger partial charge in [-0.05, 0) is 76.0 Å². The third kappa shape index (κ3) is 8.25. The van der Waals surface area contributed by atoms with E-state index in [9.17, 15) is 14.4 Å². The summed E-state index contributed by atoms with van der Waals surface area (Å²) < 4.78 is 21.5. The van der Waals surface area contributed by atoms with Gasteiger partial charge in [-0.1, -0.05) is 18.2 Å². The van der Waals surface area contributed by atoms with Crippen molar-refractivity contribution in [3.8, 4) is 17.6 Å². The third-order valence-corrected chi connectivity index (χ3v) is 7.38. The Morgan fingerprint density at radius 3 is 2.14 bits per heavy atom. The molecule has 0 bridgehead atoms. The fourth-order valence-electron chi connectivity index (χ4n) is 5.17. The highest BCUT2D eigenvalue weighted by molar-refractivity contribution is 5.75. The Kier molecular flexibility index (Phi) is 8.94. The number of carbonyl (C=O) groups excluding carboxylic acids is 3. The molecule has 11 nitrogen and oxygen atoms in total. The summed E-state index contributed by atoms with van der Waals surface area (Å²) in [7, 11) is 0. The van der Waals surface area contributed by atoms with Crippen LogP contribution in [0.1, 0.15) is 45.2 Å². The number of ether oxygens (including phenoxy) is 4. The second kappa shape index (κ2) is 13.0. The minimum absolute atomic E-state index is 0.147. The zero-order chi connectivity index (χ0) is 29.5. The SMILES string of the molecule is CC(C)(C[C@H]1CC1Cc1cccc(OC(=O)Oc2ccccn2)n1)OC(=O)N1CCC(C(=O)Oc2ccccn2)CC1. The first-order valence-electron chi connectivity index (χ1n) is 14.1. The van der Waals surface area contributed by atoms with Gasteiger partial charge < -0.3 is 23.8 Å². The van der Waals surface area contributed by atoms with Crippen molar-refractivity contribution in [3.63, 3.8) is 0 Å². The van der Waals surface area contributed by atoms with E-state index >= 15 is 0 Å². The van der Waals surface area contributed by atoms with E-state index in [-0.39, 0.29) is 35.6 Å². The Balaban J connectivity index is 1.03. The third-order valence-electron chi connectivity index (χ3n) is 7.38. The second-order valence-corrected chi connectivity index (χ2v) is 11.2. The molecule has 5 rings (SSSR count). The van der Waals surface area contributed by atoms with Crippen LogP contribution in [0.25, 0.3) is 0 Å². The molecule has 3 aromatic rings. The van der Waals surface area contributed by atoms with E-state index in [0.29, 0.717) is 37.8 Å². The fraction of sp³-hybridized carbons (Fsp3) is 0.419. The zero-order valence-electron chi connectivity index (χ0n) is 23.7. The first-order valence-corrected chi connectivity index (χ1v) is 14.1. The summed E-state index contributed by atoms with van der Waals surface area (Å²) in [4.78, 5) is 51.5. The molecule has 1 aliphatic heterocycles. The Bertz CT molecular complexity index is 1380. The molecular weight excluding hydrogens is 540 g/mol. The molecule has 1 saturated heterocycles. The summed E-state index contributed by atoms with van der Waals surface area (Å²) in [5.41, 5.74) is 0.170. The first-order chi connectivity index (χ1) is 20.2. The van der Waals surface area contributed by atoms with Gasteiger partial charge in [0, 0.05) is 49.4 Å². The molecule has 1 unspecified atom stereocenters. The van der Waals surface area contributed by atoms with Gasteiger partial charge in [-0.3, -0.25) is 4.79 Å². The molecule has 42 heavy (non-hydrogen) atoms. The summed E-state index contributed by atoms with van der Waals surface area (Å²) in [5.74, 6) is 0.774. The molecule has 11 heteroatoms. The van der Waals surface area contributed by atoms with E-state index in [1.165, 1.54) is 6.20 Å². The Morgan fingerprint density at radius 2 is 1.48 bits per heavy atom. The van der Waals surface area contributed by atoms with Crippen LogP contribution in [-0.2, 0) is 16.0 Å². The quantitative estimate of drug-likeness (QED) is 0.312. The maximum absolute atomic E-state index is 12.9. The monoisotopic (exact) mass is 574 g/mol. The Labute approximate surface area is 244 Å². The van der Waals surface area contributed by atoms with E-state index in [2.05, 4.69) is 15.0 Å². The summed E-state index contributed by atoms with van der Waals surface area (Å²) in [5, 5.41) is 0. The van der Waals surface area contributed by atoms with E-state index in [1.807, 2.05) is 19.9 Å². The van der Waals surface area contributed by atoms with Crippen molar-refractivity contribution in [1.29, 1.82) is 0 Å². The number of nitrogens with zero attached hydrogens (tertiary/aromatic N) is 4. The number of amides is 1. The van der Waals surface area contributed by atoms with Gasteiger partial charge in [0.25, 0.3) is 0 Å². The molecule has 1 aliphatic carbocycles. The molecule has 2 aliphatic rings. The van der Waals surface area contributed by atoms with E-state index in [1.54, 1.807) is 59.6 Å². The summed E-state index contributed by atoms with van der Waals surface area (Å²) in [6, 6.07) is 15.4. The standard InChI is InChI=1S/C31H34N4O7/c1-31(2,42-29(37)35-16-12-21(13-17-35)28(36)39-25-9-3-5-14-32-25)20-23-18-22(23)19-24-8-7-11-27(34-24)41-30(38)40-26-10-4-6-15-33-26/h3-11,14-15,21-23H,12-13,16-20H2,1-2H3/t22?,23-/m1/s1. The van der Waals surface area contributed by atoms with Crippen LogP contribution < -0.4 is 14.2 Å². The molecular formula is C31H34N4O7. The molecule has 3 aromatic heterocycles. The minimum Gasteiger partial charge on any atom is -0.443 e.